The standard InChI is InChI=1S/C13H18N4O2S/c1-10-14-8-12(16-10)9-15-11-4-6-13(7-5-11)20(18,19)17(2)3/h4-8,15H,9H2,1-3H3,(H,14,16). The van der Waals surface area contributed by atoms with Crippen LogP contribution in [0.15, 0.2) is 35.4 Å². The summed E-state index contributed by atoms with van der Waals surface area (Å²) >= 11 is 0. The number of rotatable bonds is 5. The fraction of sp³-hybridized carbons (Fsp3) is 0.308. The lowest BCUT2D eigenvalue weighted by molar-refractivity contribution is 0.521. The molecule has 0 unspecified atom stereocenters. The maximum absolute atomic E-state index is 11.9. The van der Waals surface area contributed by atoms with Gasteiger partial charge in [0.25, 0.3) is 0 Å². The summed E-state index contributed by atoms with van der Waals surface area (Å²) in [4.78, 5) is 7.52. The molecule has 2 aromatic rings. The van der Waals surface area contributed by atoms with Gasteiger partial charge in [-0.2, -0.15) is 0 Å². The van der Waals surface area contributed by atoms with Gasteiger partial charge in [0, 0.05) is 19.8 Å². The van der Waals surface area contributed by atoms with Crippen molar-refractivity contribution in [3.8, 4) is 0 Å². The first kappa shape index (κ1) is 14.5. The Balaban J connectivity index is 2.05. The van der Waals surface area contributed by atoms with E-state index in [1.54, 1.807) is 30.5 Å². The van der Waals surface area contributed by atoms with Crippen LogP contribution in [0.5, 0.6) is 0 Å². The summed E-state index contributed by atoms with van der Waals surface area (Å²) in [5.41, 5.74) is 1.84. The van der Waals surface area contributed by atoms with Gasteiger partial charge < -0.3 is 10.3 Å². The molecule has 2 N–H and O–H groups in total. The Hall–Kier alpha value is -1.86. The van der Waals surface area contributed by atoms with Crippen LogP contribution in [-0.2, 0) is 16.6 Å². The lowest BCUT2D eigenvalue weighted by Gasteiger charge is -2.12. The maximum atomic E-state index is 11.9. The van der Waals surface area contributed by atoms with E-state index in [2.05, 4.69) is 15.3 Å². The van der Waals surface area contributed by atoms with Crippen LogP contribution in [0.3, 0.4) is 0 Å². The minimum absolute atomic E-state index is 0.283. The zero-order chi connectivity index (χ0) is 14.8. The van der Waals surface area contributed by atoms with Gasteiger partial charge in [0.1, 0.15) is 5.82 Å². The van der Waals surface area contributed by atoms with E-state index in [9.17, 15) is 8.42 Å². The Labute approximate surface area is 118 Å². The molecule has 1 aromatic carbocycles. The summed E-state index contributed by atoms with van der Waals surface area (Å²) in [5.74, 6) is 0.870. The lowest BCUT2D eigenvalue weighted by Crippen LogP contribution is -2.22. The first-order valence-corrected chi connectivity index (χ1v) is 7.60. The van der Waals surface area contributed by atoms with E-state index in [1.165, 1.54) is 18.4 Å². The highest BCUT2D eigenvalue weighted by Gasteiger charge is 2.16. The van der Waals surface area contributed by atoms with Crippen molar-refractivity contribution < 1.29 is 8.42 Å². The Morgan fingerprint density at radius 2 is 1.90 bits per heavy atom. The van der Waals surface area contributed by atoms with Crippen LogP contribution in [0.4, 0.5) is 5.69 Å². The number of H-pyrrole nitrogens is 1. The molecule has 2 rings (SSSR count). The van der Waals surface area contributed by atoms with Crippen molar-refractivity contribution in [1.82, 2.24) is 14.3 Å². The van der Waals surface area contributed by atoms with E-state index in [0.717, 1.165) is 17.2 Å². The van der Waals surface area contributed by atoms with Crippen LogP contribution in [0, 0.1) is 6.92 Å². The average molecular weight is 294 g/mol. The van der Waals surface area contributed by atoms with E-state index < -0.39 is 10.0 Å². The second-order valence-corrected chi connectivity index (χ2v) is 6.81. The predicted octanol–water partition coefficient (Wildman–Crippen LogP) is 1.58. The molecule has 0 saturated carbocycles. The Kier molecular flexibility index (Phi) is 4.10. The van der Waals surface area contributed by atoms with Gasteiger partial charge in [-0.05, 0) is 31.2 Å². The number of sulfonamides is 1. The molecule has 108 valence electrons. The van der Waals surface area contributed by atoms with Gasteiger partial charge in [-0.1, -0.05) is 0 Å². The number of aromatic amines is 1. The van der Waals surface area contributed by atoms with Gasteiger partial charge in [-0.25, -0.2) is 17.7 Å². The normalized spacial score (nSPS) is 11.8. The quantitative estimate of drug-likeness (QED) is 0.877. The number of nitrogens with one attached hydrogen (secondary N) is 2. The van der Waals surface area contributed by atoms with Crippen molar-refractivity contribution in [1.29, 1.82) is 0 Å². The number of imidazole rings is 1. The molecule has 0 aliphatic heterocycles. The molecular formula is C13H18N4O2S. The monoisotopic (exact) mass is 294 g/mol. The van der Waals surface area contributed by atoms with Crippen molar-refractivity contribution in [2.45, 2.75) is 18.4 Å². The summed E-state index contributed by atoms with van der Waals surface area (Å²) in [5, 5.41) is 3.20. The number of anilines is 1. The highest BCUT2D eigenvalue weighted by Crippen LogP contribution is 2.17. The number of aryl methyl sites for hydroxylation is 1. The molecule has 6 nitrogen and oxygen atoms in total. The number of aromatic nitrogens is 2. The fourth-order valence-corrected chi connectivity index (χ4v) is 2.62. The molecule has 0 amide bonds. The average Bonchev–Trinajstić information content (AvgIpc) is 2.82. The van der Waals surface area contributed by atoms with Gasteiger partial charge in [-0.15, -0.1) is 0 Å². The van der Waals surface area contributed by atoms with Crippen molar-refractivity contribution in [3.63, 3.8) is 0 Å². The third-order valence-electron chi connectivity index (χ3n) is 2.87. The zero-order valence-electron chi connectivity index (χ0n) is 11.7. The number of hydrogen-bond acceptors (Lipinski definition) is 4. The first-order valence-electron chi connectivity index (χ1n) is 6.16. The molecule has 0 fully saturated rings. The molecule has 0 aliphatic carbocycles. The van der Waals surface area contributed by atoms with Gasteiger partial charge in [0.2, 0.25) is 10.0 Å². The minimum Gasteiger partial charge on any atom is -0.379 e. The van der Waals surface area contributed by atoms with Crippen LogP contribution < -0.4 is 5.32 Å². The molecular weight excluding hydrogens is 276 g/mol. The fourth-order valence-electron chi connectivity index (χ4n) is 1.71. The van der Waals surface area contributed by atoms with Crippen molar-refractivity contribution in [2.24, 2.45) is 0 Å². The predicted molar refractivity (Wildman–Crippen MR) is 78.0 cm³/mol. The Morgan fingerprint density at radius 3 is 2.40 bits per heavy atom. The van der Waals surface area contributed by atoms with E-state index in [-0.39, 0.29) is 4.90 Å². The van der Waals surface area contributed by atoms with Crippen LogP contribution >= 0.6 is 0 Å². The largest absolute Gasteiger partial charge is 0.379 e. The third kappa shape index (κ3) is 3.17. The minimum atomic E-state index is -3.37. The molecule has 1 aromatic heterocycles. The maximum Gasteiger partial charge on any atom is 0.242 e. The van der Waals surface area contributed by atoms with Crippen LogP contribution in [-0.4, -0.2) is 36.8 Å². The highest BCUT2D eigenvalue weighted by atomic mass is 32.2. The van der Waals surface area contributed by atoms with Crippen molar-refractivity contribution in [2.75, 3.05) is 19.4 Å². The van der Waals surface area contributed by atoms with E-state index in [0.29, 0.717) is 6.54 Å². The summed E-state index contributed by atoms with van der Waals surface area (Å²) in [6.45, 7) is 2.50. The number of nitrogens with zero attached hydrogens (tertiary/aromatic N) is 2. The molecule has 7 heteroatoms. The highest BCUT2D eigenvalue weighted by molar-refractivity contribution is 7.89. The van der Waals surface area contributed by atoms with Crippen LogP contribution in [0.2, 0.25) is 0 Å². The number of hydrogen-bond donors (Lipinski definition) is 2. The molecule has 0 bridgehead atoms. The number of benzene rings is 1. The SMILES string of the molecule is Cc1ncc(CNc2ccc(S(=O)(=O)N(C)C)cc2)[nH]1. The molecule has 0 aliphatic rings. The zero-order valence-corrected chi connectivity index (χ0v) is 12.5. The van der Waals surface area contributed by atoms with Crippen molar-refractivity contribution in [3.05, 3.63) is 42.0 Å². The second kappa shape index (κ2) is 5.64. The molecule has 0 atom stereocenters. The smallest absolute Gasteiger partial charge is 0.242 e. The van der Waals surface area contributed by atoms with Gasteiger partial charge in [0.15, 0.2) is 0 Å². The van der Waals surface area contributed by atoms with Crippen molar-refractivity contribution >= 4 is 15.7 Å². The first-order chi connectivity index (χ1) is 9.39. The van der Waals surface area contributed by atoms with Gasteiger partial charge in [-0.3, -0.25) is 0 Å². The summed E-state index contributed by atoms with van der Waals surface area (Å²) < 4.78 is 25.0. The van der Waals surface area contributed by atoms with E-state index in [1.807, 2.05) is 6.92 Å². The summed E-state index contributed by atoms with van der Waals surface area (Å²) in [7, 11) is -0.336. The summed E-state index contributed by atoms with van der Waals surface area (Å²) in [6.07, 6.45) is 1.77. The molecule has 20 heavy (non-hydrogen) atoms. The second-order valence-electron chi connectivity index (χ2n) is 4.66. The molecule has 0 radical (unpaired) electrons. The summed E-state index contributed by atoms with van der Waals surface area (Å²) in [6, 6.07) is 6.69. The Morgan fingerprint density at radius 1 is 1.25 bits per heavy atom. The van der Waals surface area contributed by atoms with Gasteiger partial charge in [0.05, 0.1) is 23.3 Å². The topological polar surface area (TPSA) is 78.1 Å². The van der Waals surface area contributed by atoms with E-state index in [4.69, 9.17) is 0 Å². The lowest BCUT2D eigenvalue weighted by atomic mass is 10.3. The third-order valence-corrected chi connectivity index (χ3v) is 4.70. The van der Waals surface area contributed by atoms with Crippen LogP contribution in [0.1, 0.15) is 11.5 Å². The van der Waals surface area contributed by atoms with Crippen LogP contribution in [0.25, 0.3) is 0 Å². The van der Waals surface area contributed by atoms with Gasteiger partial charge >= 0.3 is 0 Å². The molecule has 0 saturated heterocycles. The van der Waals surface area contributed by atoms with E-state index >= 15 is 0 Å². The molecule has 0 spiro atoms. The molecule has 1 heterocycles. The Bertz CT molecular complexity index is 675.